The highest BCUT2D eigenvalue weighted by molar-refractivity contribution is 5.00. The van der Waals surface area contributed by atoms with E-state index in [0.29, 0.717) is 12.0 Å². The quantitative estimate of drug-likeness (QED) is 0.556. The summed E-state index contributed by atoms with van der Waals surface area (Å²) in [6.45, 7) is 16.2. The summed E-state index contributed by atoms with van der Waals surface area (Å²) >= 11 is 0. The van der Waals surface area contributed by atoms with Crippen LogP contribution < -0.4 is 11.3 Å². The van der Waals surface area contributed by atoms with Crippen LogP contribution in [0.15, 0.2) is 0 Å². The van der Waals surface area contributed by atoms with Crippen LogP contribution in [0.1, 0.15) is 67.2 Å². The van der Waals surface area contributed by atoms with Crippen molar-refractivity contribution < 1.29 is 0 Å². The van der Waals surface area contributed by atoms with Crippen molar-refractivity contribution in [2.75, 3.05) is 13.1 Å². The number of hydrogen-bond donors (Lipinski definition) is 2. The van der Waals surface area contributed by atoms with Gasteiger partial charge in [0, 0.05) is 11.6 Å². The van der Waals surface area contributed by atoms with Gasteiger partial charge in [-0.15, -0.1) is 0 Å². The lowest BCUT2D eigenvalue weighted by atomic mass is 9.68. The summed E-state index contributed by atoms with van der Waals surface area (Å²) in [6, 6.07) is 0.387. The van der Waals surface area contributed by atoms with Crippen molar-refractivity contribution in [1.29, 1.82) is 0 Å². The summed E-state index contributed by atoms with van der Waals surface area (Å²) in [4.78, 5) is 2.58. The molecule has 4 unspecified atom stereocenters. The number of likely N-dealkylation sites (N-methyl/N-ethyl adjacent to an activating group) is 1. The average Bonchev–Trinajstić information content (AvgIpc) is 2.39. The minimum Gasteiger partial charge on any atom is -0.297 e. The standard InChI is InChI=1S/C17H37N3/c1-7-17(6,20(8-2)9-3)16(19-18)15-11-13(4)10-14(5)12-15/h13-16,19H,7-12,18H2,1-6H3. The van der Waals surface area contributed by atoms with Crippen molar-refractivity contribution in [3.63, 3.8) is 0 Å². The lowest BCUT2D eigenvalue weighted by Gasteiger charge is -2.50. The Balaban J connectivity index is 2.96. The van der Waals surface area contributed by atoms with E-state index in [2.05, 4.69) is 51.9 Å². The maximum Gasteiger partial charge on any atom is 0.0420 e. The van der Waals surface area contributed by atoms with Crippen LogP contribution in [0, 0.1) is 17.8 Å². The Labute approximate surface area is 126 Å². The molecular formula is C17H37N3. The second kappa shape index (κ2) is 7.77. The van der Waals surface area contributed by atoms with E-state index in [4.69, 9.17) is 5.84 Å². The molecule has 1 saturated carbocycles. The van der Waals surface area contributed by atoms with Gasteiger partial charge in [0.1, 0.15) is 0 Å². The molecule has 3 heteroatoms. The Morgan fingerprint density at radius 1 is 1.10 bits per heavy atom. The molecule has 0 saturated heterocycles. The van der Waals surface area contributed by atoms with Gasteiger partial charge in [-0.2, -0.15) is 0 Å². The van der Waals surface area contributed by atoms with Crippen LogP contribution in [0.3, 0.4) is 0 Å². The lowest BCUT2D eigenvalue weighted by Crippen LogP contribution is -2.64. The van der Waals surface area contributed by atoms with E-state index in [1.54, 1.807) is 0 Å². The Morgan fingerprint density at radius 2 is 1.60 bits per heavy atom. The molecule has 0 aliphatic heterocycles. The van der Waals surface area contributed by atoms with E-state index >= 15 is 0 Å². The molecule has 0 bridgehead atoms. The molecule has 1 fully saturated rings. The summed E-state index contributed by atoms with van der Waals surface area (Å²) in [5.74, 6) is 8.39. The normalized spacial score (nSPS) is 32.1. The Bertz CT molecular complexity index is 267. The zero-order valence-corrected chi connectivity index (χ0v) is 14.6. The van der Waals surface area contributed by atoms with Crippen molar-refractivity contribution in [2.24, 2.45) is 23.6 Å². The number of hydrazine groups is 1. The third kappa shape index (κ3) is 3.75. The minimum absolute atomic E-state index is 0.152. The first-order valence-corrected chi connectivity index (χ1v) is 8.63. The van der Waals surface area contributed by atoms with Gasteiger partial charge in [0.25, 0.3) is 0 Å². The summed E-state index contributed by atoms with van der Waals surface area (Å²) in [5, 5.41) is 0. The number of hydrogen-bond acceptors (Lipinski definition) is 3. The highest BCUT2D eigenvalue weighted by Crippen LogP contribution is 2.39. The van der Waals surface area contributed by atoms with E-state index in [0.717, 1.165) is 31.3 Å². The Morgan fingerprint density at radius 3 is 1.95 bits per heavy atom. The molecule has 0 radical (unpaired) electrons. The average molecular weight is 284 g/mol. The van der Waals surface area contributed by atoms with E-state index < -0.39 is 0 Å². The largest absolute Gasteiger partial charge is 0.297 e. The zero-order chi connectivity index (χ0) is 15.3. The van der Waals surface area contributed by atoms with Gasteiger partial charge in [0.05, 0.1) is 0 Å². The Hall–Kier alpha value is -0.120. The fourth-order valence-corrected chi connectivity index (χ4v) is 4.69. The van der Waals surface area contributed by atoms with Gasteiger partial charge in [-0.05, 0) is 63.5 Å². The van der Waals surface area contributed by atoms with E-state index in [-0.39, 0.29) is 5.54 Å². The maximum atomic E-state index is 6.03. The van der Waals surface area contributed by atoms with Gasteiger partial charge in [-0.3, -0.25) is 16.2 Å². The molecular weight excluding hydrogens is 246 g/mol. The van der Waals surface area contributed by atoms with Crippen molar-refractivity contribution in [1.82, 2.24) is 10.3 Å². The molecule has 4 atom stereocenters. The third-order valence-corrected chi connectivity index (χ3v) is 5.74. The van der Waals surface area contributed by atoms with Crippen LogP contribution in [-0.4, -0.2) is 29.6 Å². The highest BCUT2D eigenvalue weighted by atomic mass is 15.3. The molecule has 1 aliphatic rings. The molecule has 0 amide bonds. The molecule has 0 aromatic rings. The molecule has 0 heterocycles. The summed E-state index contributed by atoms with van der Waals surface area (Å²) in [6.07, 6.45) is 5.15. The molecule has 1 rings (SSSR count). The fraction of sp³-hybridized carbons (Fsp3) is 1.00. The smallest absolute Gasteiger partial charge is 0.0420 e. The van der Waals surface area contributed by atoms with Crippen molar-refractivity contribution in [3.05, 3.63) is 0 Å². The van der Waals surface area contributed by atoms with Gasteiger partial charge >= 0.3 is 0 Å². The SMILES string of the molecule is CCN(CC)C(C)(CC)C(NN)C1CC(C)CC(C)C1. The minimum atomic E-state index is 0.152. The lowest BCUT2D eigenvalue weighted by molar-refractivity contribution is 0.0244. The van der Waals surface area contributed by atoms with Crippen LogP contribution in [0.2, 0.25) is 0 Å². The third-order valence-electron chi connectivity index (χ3n) is 5.74. The second-order valence-corrected chi connectivity index (χ2v) is 7.20. The van der Waals surface area contributed by atoms with Crippen molar-refractivity contribution in [3.8, 4) is 0 Å². The predicted molar refractivity (Wildman–Crippen MR) is 88.4 cm³/mol. The summed E-state index contributed by atoms with van der Waals surface area (Å²) in [7, 11) is 0. The second-order valence-electron chi connectivity index (χ2n) is 7.20. The molecule has 0 spiro atoms. The van der Waals surface area contributed by atoms with Crippen LogP contribution in [0.4, 0.5) is 0 Å². The first-order valence-electron chi connectivity index (χ1n) is 8.63. The predicted octanol–water partition coefficient (Wildman–Crippen LogP) is 3.40. The highest BCUT2D eigenvalue weighted by Gasteiger charge is 2.42. The monoisotopic (exact) mass is 283 g/mol. The van der Waals surface area contributed by atoms with Gasteiger partial charge in [-0.1, -0.05) is 34.6 Å². The number of nitrogens with two attached hydrogens (primary N) is 1. The molecule has 0 aromatic heterocycles. The zero-order valence-electron chi connectivity index (χ0n) is 14.6. The van der Waals surface area contributed by atoms with E-state index in [1.165, 1.54) is 19.3 Å². The molecule has 0 aromatic carbocycles. The summed E-state index contributed by atoms with van der Waals surface area (Å²) < 4.78 is 0. The first-order chi connectivity index (χ1) is 9.42. The molecule has 1 aliphatic carbocycles. The van der Waals surface area contributed by atoms with E-state index in [1.807, 2.05) is 0 Å². The number of nitrogens with one attached hydrogen (secondary N) is 1. The topological polar surface area (TPSA) is 41.3 Å². The molecule has 3 nitrogen and oxygen atoms in total. The van der Waals surface area contributed by atoms with Gasteiger partial charge in [-0.25, -0.2) is 0 Å². The fourth-order valence-electron chi connectivity index (χ4n) is 4.69. The van der Waals surface area contributed by atoms with Crippen molar-refractivity contribution in [2.45, 2.75) is 78.8 Å². The molecule has 120 valence electrons. The van der Waals surface area contributed by atoms with E-state index in [9.17, 15) is 0 Å². The van der Waals surface area contributed by atoms with Crippen LogP contribution in [0.25, 0.3) is 0 Å². The van der Waals surface area contributed by atoms with Gasteiger partial charge in [0.15, 0.2) is 0 Å². The van der Waals surface area contributed by atoms with Crippen LogP contribution in [0.5, 0.6) is 0 Å². The Kier molecular flexibility index (Phi) is 6.96. The van der Waals surface area contributed by atoms with Gasteiger partial charge < -0.3 is 0 Å². The van der Waals surface area contributed by atoms with Crippen molar-refractivity contribution >= 4 is 0 Å². The summed E-state index contributed by atoms with van der Waals surface area (Å²) in [5.41, 5.74) is 3.36. The van der Waals surface area contributed by atoms with Crippen LogP contribution >= 0.6 is 0 Å². The van der Waals surface area contributed by atoms with Crippen LogP contribution in [-0.2, 0) is 0 Å². The number of nitrogens with zero attached hydrogens (tertiary/aromatic N) is 1. The maximum absolute atomic E-state index is 6.03. The first kappa shape index (κ1) is 17.9. The molecule has 3 N–H and O–H groups in total. The molecule has 20 heavy (non-hydrogen) atoms. The van der Waals surface area contributed by atoms with Gasteiger partial charge in [0.2, 0.25) is 0 Å². The number of rotatable bonds is 7.